The third-order valence-electron chi connectivity index (χ3n) is 3.39. The zero-order chi connectivity index (χ0) is 11.8. The van der Waals surface area contributed by atoms with E-state index >= 15 is 0 Å². The SMILES string of the molecule is CN1C(=O)NCCC1(C)c1ccccc1Br. The van der Waals surface area contributed by atoms with Crippen LogP contribution in [0.1, 0.15) is 18.9 Å². The molecule has 0 saturated carbocycles. The molecule has 1 aliphatic heterocycles. The van der Waals surface area contributed by atoms with Gasteiger partial charge in [-0.15, -0.1) is 0 Å². The van der Waals surface area contributed by atoms with Crippen molar-refractivity contribution < 1.29 is 4.79 Å². The van der Waals surface area contributed by atoms with Crippen molar-refractivity contribution in [3.05, 3.63) is 34.3 Å². The largest absolute Gasteiger partial charge is 0.338 e. The van der Waals surface area contributed by atoms with E-state index < -0.39 is 0 Å². The van der Waals surface area contributed by atoms with E-state index in [9.17, 15) is 4.79 Å². The smallest absolute Gasteiger partial charge is 0.317 e. The van der Waals surface area contributed by atoms with Gasteiger partial charge in [0.2, 0.25) is 0 Å². The van der Waals surface area contributed by atoms with E-state index in [0.29, 0.717) is 0 Å². The molecule has 3 nitrogen and oxygen atoms in total. The molecule has 0 aliphatic carbocycles. The average Bonchev–Trinajstić information content (AvgIpc) is 2.26. The van der Waals surface area contributed by atoms with Gasteiger partial charge >= 0.3 is 6.03 Å². The second kappa shape index (κ2) is 4.09. The molecular weight excluding hydrogens is 268 g/mol. The lowest BCUT2D eigenvalue weighted by Crippen LogP contribution is -2.55. The number of hydrogen-bond donors (Lipinski definition) is 1. The maximum atomic E-state index is 11.7. The summed E-state index contributed by atoms with van der Waals surface area (Å²) in [6, 6.07) is 8.07. The number of urea groups is 1. The lowest BCUT2D eigenvalue weighted by Gasteiger charge is -2.43. The Balaban J connectivity index is 2.45. The van der Waals surface area contributed by atoms with Crippen molar-refractivity contribution in [1.29, 1.82) is 0 Å². The first kappa shape index (κ1) is 11.5. The van der Waals surface area contributed by atoms with Gasteiger partial charge in [-0.2, -0.15) is 0 Å². The van der Waals surface area contributed by atoms with Gasteiger partial charge < -0.3 is 10.2 Å². The Morgan fingerprint density at radius 2 is 2.12 bits per heavy atom. The minimum absolute atomic E-state index is 0.00972. The van der Waals surface area contributed by atoms with Crippen LogP contribution in [0, 0.1) is 0 Å². The Kier molecular flexibility index (Phi) is 2.93. The molecule has 1 saturated heterocycles. The number of carbonyl (C=O) groups excluding carboxylic acids is 1. The highest BCUT2D eigenvalue weighted by molar-refractivity contribution is 9.10. The lowest BCUT2D eigenvalue weighted by molar-refractivity contribution is 0.117. The number of rotatable bonds is 1. The first-order chi connectivity index (χ1) is 7.55. The lowest BCUT2D eigenvalue weighted by atomic mass is 9.86. The van der Waals surface area contributed by atoms with Gasteiger partial charge in [-0.1, -0.05) is 34.1 Å². The molecule has 0 radical (unpaired) electrons. The van der Waals surface area contributed by atoms with Crippen LogP contribution in [-0.4, -0.2) is 24.5 Å². The fraction of sp³-hybridized carbons (Fsp3) is 0.417. The minimum atomic E-state index is -0.234. The first-order valence-electron chi connectivity index (χ1n) is 5.32. The van der Waals surface area contributed by atoms with Crippen LogP contribution in [-0.2, 0) is 5.54 Å². The predicted octanol–water partition coefficient (Wildman–Crippen LogP) is 2.71. The average molecular weight is 283 g/mol. The van der Waals surface area contributed by atoms with Crippen molar-refractivity contribution >= 4 is 22.0 Å². The van der Waals surface area contributed by atoms with Gasteiger partial charge in [0.1, 0.15) is 0 Å². The summed E-state index contributed by atoms with van der Waals surface area (Å²) in [5.74, 6) is 0. The van der Waals surface area contributed by atoms with Gasteiger partial charge in [0.05, 0.1) is 5.54 Å². The fourth-order valence-corrected chi connectivity index (χ4v) is 2.85. The topological polar surface area (TPSA) is 32.3 Å². The molecule has 1 heterocycles. The van der Waals surface area contributed by atoms with Crippen LogP contribution in [0.5, 0.6) is 0 Å². The summed E-state index contributed by atoms with van der Waals surface area (Å²) in [6.45, 7) is 2.83. The van der Waals surface area contributed by atoms with Crippen molar-refractivity contribution in [3.8, 4) is 0 Å². The molecule has 1 unspecified atom stereocenters. The number of hydrogen-bond acceptors (Lipinski definition) is 1. The highest BCUT2D eigenvalue weighted by Crippen LogP contribution is 2.36. The molecule has 0 spiro atoms. The minimum Gasteiger partial charge on any atom is -0.338 e. The van der Waals surface area contributed by atoms with Crippen molar-refractivity contribution in [3.63, 3.8) is 0 Å². The molecule has 16 heavy (non-hydrogen) atoms. The molecule has 0 bridgehead atoms. The predicted molar refractivity (Wildman–Crippen MR) is 67.3 cm³/mol. The van der Waals surface area contributed by atoms with Crippen LogP contribution in [0.4, 0.5) is 4.79 Å². The fourth-order valence-electron chi connectivity index (χ4n) is 2.14. The number of carbonyl (C=O) groups is 1. The number of benzene rings is 1. The van der Waals surface area contributed by atoms with Crippen LogP contribution < -0.4 is 5.32 Å². The summed E-state index contributed by atoms with van der Waals surface area (Å²) < 4.78 is 1.05. The zero-order valence-corrected chi connectivity index (χ0v) is 11.0. The Morgan fingerprint density at radius 1 is 1.44 bits per heavy atom. The standard InChI is InChI=1S/C12H15BrN2O/c1-12(7-8-14-11(16)15(12)2)9-5-3-4-6-10(9)13/h3-6H,7-8H2,1-2H3,(H,14,16). The second-order valence-corrected chi connectivity index (χ2v) is 5.15. The summed E-state index contributed by atoms with van der Waals surface area (Å²) in [7, 11) is 1.84. The molecule has 2 amide bonds. The summed E-state index contributed by atoms with van der Waals surface area (Å²) in [4.78, 5) is 13.5. The van der Waals surface area contributed by atoms with E-state index in [4.69, 9.17) is 0 Å². The van der Waals surface area contributed by atoms with Crippen LogP contribution in [0.15, 0.2) is 28.7 Å². The van der Waals surface area contributed by atoms with Gasteiger partial charge in [-0.3, -0.25) is 0 Å². The van der Waals surface area contributed by atoms with E-state index in [0.717, 1.165) is 23.0 Å². The van der Waals surface area contributed by atoms with Crippen molar-refractivity contribution in [2.24, 2.45) is 0 Å². The van der Waals surface area contributed by atoms with Gasteiger partial charge in [-0.25, -0.2) is 4.79 Å². The molecule has 1 N–H and O–H groups in total. The Morgan fingerprint density at radius 3 is 2.81 bits per heavy atom. The third kappa shape index (κ3) is 1.71. The maximum Gasteiger partial charge on any atom is 0.317 e. The Labute approximate surface area is 104 Å². The first-order valence-corrected chi connectivity index (χ1v) is 6.11. The second-order valence-electron chi connectivity index (χ2n) is 4.29. The molecule has 1 atom stereocenters. The van der Waals surface area contributed by atoms with E-state index in [1.54, 1.807) is 4.90 Å². The molecule has 1 aliphatic rings. The van der Waals surface area contributed by atoms with Crippen molar-refractivity contribution in [2.75, 3.05) is 13.6 Å². The van der Waals surface area contributed by atoms with Crippen LogP contribution in [0.3, 0.4) is 0 Å². The van der Waals surface area contributed by atoms with Crippen LogP contribution in [0.25, 0.3) is 0 Å². The molecule has 2 rings (SSSR count). The van der Waals surface area contributed by atoms with Gasteiger partial charge in [0, 0.05) is 18.1 Å². The zero-order valence-electron chi connectivity index (χ0n) is 9.46. The van der Waals surface area contributed by atoms with E-state index in [-0.39, 0.29) is 11.6 Å². The third-order valence-corrected chi connectivity index (χ3v) is 4.08. The summed E-state index contributed by atoms with van der Waals surface area (Å²) in [6.07, 6.45) is 0.915. The molecule has 86 valence electrons. The van der Waals surface area contributed by atoms with Crippen LogP contribution >= 0.6 is 15.9 Å². The monoisotopic (exact) mass is 282 g/mol. The number of amides is 2. The number of halogens is 1. The molecule has 1 aromatic carbocycles. The van der Waals surface area contributed by atoms with E-state index in [2.05, 4.69) is 34.2 Å². The van der Waals surface area contributed by atoms with Crippen molar-refractivity contribution in [2.45, 2.75) is 18.9 Å². The molecule has 0 aromatic heterocycles. The van der Waals surface area contributed by atoms with Crippen LogP contribution in [0.2, 0.25) is 0 Å². The van der Waals surface area contributed by atoms with E-state index in [1.807, 2.05) is 25.2 Å². The molecule has 4 heteroatoms. The number of nitrogens with one attached hydrogen (secondary N) is 1. The quantitative estimate of drug-likeness (QED) is 0.844. The Bertz CT molecular complexity index is 421. The normalized spacial score (nSPS) is 25.4. The summed E-state index contributed by atoms with van der Waals surface area (Å²) >= 11 is 3.56. The summed E-state index contributed by atoms with van der Waals surface area (Å²) in [5, 5.41) is 2.85. The molecule has 1 aromatic rings. The Hall–Kier alpha value is -1.03. The molecule has 1 fully saturated rings. The summed E-state index contributed by atoms with van der Waals surface area (Å²) in [5.41, 5.74) is 0.926. The van der Waals surface area contributed by atoms with Gasteiger partial charge in [0.15, 0.2) is 0 Å². The maximum absolute atomic E-state index is 11.7. The van der Waals surface area contributed by atoms with Gasteiger partial charge in [-0.05, 0) is 25.0 Å². The highest BCUT2D eigenvalue weighted by Gasteiger charge is 2.38. The van der Waals surface area contributed by atoms with E-state index in [1.165, 1.54) is 0 Å². The number of nitrogens with zero attached hydrogens (tertiary/aromatic N) is 1. The highest BCUT2D eigenvalue weighted by atomic mass is 79.9. The van der Waals surface area contributed by atoms with Gasteiger partial charge in [0.25, 0.3) is 0 Å². The van der Waals surface area contributed by atoms with Crippen molar-refractivity contribution in [1.82, 2.24) is 10.2 Å². The molecular formula is C12H15BrN2O.